The number of nitrogens with zero attached hydrogens (tertiary/aromatic N) is 2. The lowest BCUT2D eigenvalue weighted by Crippen LogP contribution is -2.41. The lowest BCUT2D eigenvalue weighted by molar-refractivity contribution is -0.147. The van der Waals surface area contributed by atoms with Crippen molar-refractivity contribution in [1.82, 2.24) is 4.31 Å². The van der Waals surface area contributed by atoms with E-state index in [1.807, 2.05) is 6.07 Å². The third-order valence-electron chi connectivity index (χ3n) is 4.20. The van der Waals surface area contributed by atoms with Gasteiger partial charge in [0.2, 0.25) is 10.0 Å². The van der Waals surface area contributed by atoms with Gasteiger partial charge in [0.15, 0.2) is 5.84 Å². The summed E-state index contributed by atoms with van der Waals surface area (Å²) < 4.78 is 26.8. The molecule has 0 bridgehead atoms. The quantitative estimate of drug-likeness (QED) is 0.355. The van der Waals surface area contributed by atoms with Crippen LogP contribution in [0.3, 0.4) is 0 Å². The maximum Gasteiger partial charge on any atom is 0.353 e. The lowest BCUT2D eigenvalue weighted by atomic mass is 10.2. The summed E-state index contributed by atoms with van der Waals surface area (Å²) in [6, 6.07) is 13.7. The highest BCUT2D eigenvalue weighted by Gasteiger charge is 2.40. The van der Waals surface area contributed by atoms with E-state index < -0.39 is 22.0 Å². The predicted octanol–water partition coefficient (Wildman–Crippen LogP) is 2.36. The van der Waals surface area contributed by atoms with Crippen molar-refractivity contribution >= 4 is 33.4 Å². The van der Waals surface area contributed by atoms with Gasteiger partial charge in [0.25, 0.3) is 0 Å². The van der Waals surface area contributed by atoms with Gasteiger partial charge in [-0.25, -0.2) is 13.2 Å². The molecule has 1 fully saturated rings. The molecule has 0 amide bonds. The summed E-state index contributed by atoms with van der Waals surface area (Å²) in [4.78, 5) is 17.4. The number of sulfonamides is 1. The van der Waals surface area contributed by atoms with E-state index in [9.17, 15) is 13.2 Å². The number of carbonyl (C=O) groups is 1. The van der Waals surface area contributed by atoms with Gasteiger partial charge < -0.3 is 10.6 Å². The van der Waals surface area contributed by atoms with E-state index in [-0.39, 0.29) is 17.3 Å². The first-order valence-electron chi connectivity index (χ1n) is 8.27. The van der Waals surface area contributed by atoms with Crippen LogP contribution in [0.5, 0.6) is 0 Å². The van der Waals surface area contributed by atoms with Crippen LogP contribution in [0, 0.1) is 0 Å². The van der Waals surface area contributed by atoms with Crippen molar-refractivity contribution in [3.63, 3.8) is 0 Å². The number of amidine groups is 1. The van der Waals surface area contributed by atoms with Crippen LogP contribution in [0.2, 0.25) is 5.02 Å². The molecule has 0 spiro atoms. The Balaban J connectivity index is 1.75. The molecule has 0 aliphatic carbocycles. The van der Waals surface area contributed by atoms with Crippen LogP contribution in [-0.2, 0) is 19.7 Å². The van der Waals surface area contributed by atoms with E-state index in [1.54, 1.807) is 24.3 Å². The second-order valence-electron chi connectivity index (χ2n) is 5.98. The average molecular weight is 408 g/mol. The fourth-order valence-corrected chi connectivity index (χ4v) is 4.59. The summed E-state index contributed by atoms with van der Waals surface area (Å²) in [6.45, 7) is 0.225. The smallest absolute Gasteiger partial charge is 0.353 e. The van der Waals surface area contributed by atoms with Crippen molar-refractivity contribution in [1.29, 1.82) is 0 Å². The van der Waals surface area contributed by atoms with Crippen molar-refractivity contribution in [2.45, 2.75) is 23.8 Å². The first-order chi connectivity index (χ1) is 12.9. The van der Waals surface area contributed by atoms with Gasteiger partial charge >= 0.3 is 5.97 Å². The minimum Gasteiger partial charge on any atom is -0.380 e. The highest BCUT2D eigenvalue weighted by molar-refractivity contribution is 7.89. The van der Waals surface area contributed by atoms with Crippen molar-refractivity contribution in [3.8, 4) is 0 Å². The third kappa shape index (κ3) is 4.29. The Morgan fingerprint density at radius 2 is 1.81 bits per heavy atom. The van der Waals surface area contributed by atoms with Gasteiger partial charge in [-0.05, 0) is 37.1 Å². The molecule has 1 saturated heterocycles. The van der Waals surface area contributed by atoms with Crippen LogP contribution in [0.4, 0.5) is 0 Å². The van der Waals surface area contributed by atoms with Crippen LogP contribution >= 0.6 is 11.6 Å². The number of halogens is 1. The normalized spacial score (nSPS) is 18.4. The third-order valence-corrected chi connectivity index (χ3v) is 6.37. The van der Waals surface area contributed by atoms with Crippen molar-refractivity contribution in [3.05, 3.63) is 65.2 Å². The molecule has 1 heterocycles. The Labute approximate surface area is 162 Å². The van der Waals surface area contributed by atoms with E-state index in [1.165, 1.54) is 24.3 Å². The molecule has 0 unspecified atom stereocenters. The highest BCUT2D eigenvalue weighted by atomic mass is 35.5. The standard InChI is InChI=1S/C18H18ClN3O4S/c19-14-8-10-15(11-9-14)27(24,25)22-12-4-7-16(22)18(23)26-21-17(20)13-5-2-1-3-6-13/h1-3,5-6,8-11,16H,4,7,12H2,(H2,20,21)/t16-/m1/s1. The Kier molecular flexibility index (Phi) is 5.79. The lowest BCUT2D eigenvalue weighted by Gasteiger charge is -2.21. The van der Waals surface area contributed by atoms with Gasteiger partial charge in [-0.3, -0.25) is 0 Å². The molecule has 27 heavy (non-hydrogen) atoms. The maximum absolute atomic E-state index is 12.8. The molecule has 1 aliphatic rings. The molecule has 0 saturated carbocycles. The molecular weight excluding hydrogens is 390 g/mol. The van der Waals surface area contributed by atoms with Crippen LogP contribution in [0.1, 0.15) is 18.4 Å². The zero-order valence-electron chi connectivity index (χ0n) is 14.3. The molecule has 3 rings (SSSR count). The van der Waals surface area contributed by atoms with E-state index in [0.29, 0.717) is 23.4 Å². The molecule has 2 aromatic carbocycles. The van der Waals surface area contributed by atoms with Crippen LogP contribution in [0.15, 0.2) is 64.6 Å². The Morgan fingerprint density at radius 3 is 2.48 bits per heavy atom. The average Bonchev–Trinajstić information content (AvgIpc) is 3.18. The molecule has 2 aromatic rings. The van der Waals surface area contributed by atoms with E-state index in [4.69, 9.17) is 22.2 Å². The minimum absolute atomic E-state index is 0.0362. The number of rotatable bonds is 5. The summed E-state index contributed by atoms with van der Waals surface area (Å²) in [5, 5.41) is 4.07. The minimum atomic E-state index is -3.85. The predicted molar refractivity (Wildman–Crippen MR) is 102 cm³/mol. The number of hydrogen-bond donors (Lipinski definition) is 1. The topological polar surface area (TPSA) is 102 Å². The van der Waals surface area contributed by atoms with Crippen LogP contribution in [0.25, 0.3) is 0 Å². The van der Waals surface area contributed by atoms with Gasteiger partial charge in [-0.15, -0.1) is 0 Å². The molecule has 142 valence electrons. The summed E-state index contributed by atoms with van der Waals surface area (Å²) in [6.07, 6.45) is 0.900. The number of carbonyl (C=O) groups excluding carboxylic acids is 1. The summed E-state index contributed by atoms with van der Waals surface area (Å²) in [5.41, 5.74) is 6.40. The number of nitrogens with two attached hydrogens (primary N) is 1. The van der Waals surface area contributed by atoms with Crippen molar-refractivity contribution < 1.29 is 18.0 Å². The molecule has 1 atom stereocenters. The molecule has 1 aliphatic heterocycles. The Hall–Kier alpha value is -2.42. The van der Waals surface area contributed by atoms with E-state index in [0.717, 1.165) is 4.31 Å². The molecule has 0 aromatic heterocycles. The molecule has 9 heteroatoms. The highest BCUT2D eigenvalue weighted by Crippen LogP contribution is 2.27. The Bertz CT molecular complexity index is 946. The summed E-state index contributed by atoms with van der Waals surface area (Å²) >= 11 is 5.81. The van der Waals surface area contributed by atoms with Crippen molar-refractivity contribution in [2.24, 2.45) is 10.9 Å². The zero-order chi connectivity index (χ0) is 19.4. The maximum atomic E-state index is 12.8. The largest absolute Gasteiger partial charge is 0.380 e. The van der Waals surface area contributed by atoms with E-state index in [2.05, 4.69) is 5.16 Å². The van der Waals surface area contributed by atoms with Gasteiger partial charge in [-0.2, -0.15) is 4.31 Å². The molecule has 2 N–H and O–H groups in total. The second-order valence-corrected chi connectivity index (χ2v) is 8.31. The molecule has 7 nitrogen and oxygen atoms in total. The Morgan fingerprint density at radius 1 is 1.15 bits per heavy atom. The fraction of sp³-hybridized carbons (Fsp3) is 0.222. The number of benzene rings is 2. The fourth-order valence-electron chi connectivity index (χ4n) is 2.82. The van der Waals surface area contributed by atoms with Gasteiger partial charge in [0.1, 0.15) is 6.04 Å². The molecular formula is C18H18ClN3O4S. The SMILES string of the molecule is N/C(=N\OC(=O)[C@H]1CCCN1S(=O)(=O)c1ccc(Cl)cc1)c1ccccc1. The number of hydrogen-bond acceptors (Lipinski definition) is 5. The van der Waals surface area contributed by atoms with Gasteiger partial charge in [-0.1, -0.05) is 47.1 Å². The van der Waals surface area contributed by atoms with Crippen LogP contribution in [-0.4, -0.2) is 37.1 Å². The van der Waals surface area contributed by atoms with Crippen LogP contribution < -0.4 is 5.73 Å². The van der Waals surface area contributed by atoms with E-state index >= 15 is 0 Å². The zero-order valence-corrected chi connectivity index (χ0v) is 15.9. The summed E-state index contributed by atoms with van der Waals surface area (Å²) in [5.74, 6) is -0.724. The second kappa shape index (κ2) is 8.08. The first-order valence-corrected chi connectivity index (χ1v) is 10.1. The number of oxime groups is 1. The van der Waals surface area contributed by atoms with Gasteiger partial charge in [0, 0.05) is 17.1 Å². The monoisotopic (exact) mass is 407 g/mol. The van der Waals surface area contributed by atoms with Gasteiger partial charge in [0.05, 0.1) is 4.90 Å². The molecule has 0 radical (unpaired) electrons. The summed E-state index contributed by atoms with van der Waals surface area (Å²) in [7, 11) is -3.85. The van der Waals surface area contributed by atoms with Crippen molar-refractivity contribution in [2.75, 3.05) is 6.54 Å². The first kappa shape index (κ1) is 19.3.